The van der Waals surface area contributed by atoms with E-state index in [0.29, 0.717) is 30.9 Å². The summed E-state index contributed by atoms with van der Waals surface area (Å²) < 4.78 is 12.7. The second kappa shape index (κ2) is 7.83. The predicted molar refractivity (Wildman–Crippen MR) is 82.7 cm³/mol. The Morgan fingerprint density at radius 2 is 1.91 bits per heavy atom. The molecular weight excluding hydrogens is 303 g/mol. The third kappa shape index (κ3) is 5.03. The number of aromatic nitrogens is 1. The fourth-order valence-electron chi connectivity index (χ4n) is 1.81. The number of hydrogen-bond acceptors (Lipinski definition) is 5. The normalized spacial score (nSPS) is 10.1. The number of rotatable bonds is 7. The first-order chi connectivity index (χ1) is 11.1. The van der Waals surface area contributed by atoms with Crippen LogP contribution in [0.25, 0.3) is 0 Å². The molecule has 120 valence electrons. The molecule has 0 fully saturated rings. The maximum atomic E-state index is 12.7. The van der Waals surface area contributed by atoms with Gasteiger partial charge in [-0.2, -0.15) is 0 Å². The summed E-state index contributed by atoms with van der Waals surface area (Å²) in [6.07, 6.45) is 1.82. The van der Waals surface area contributed by atoms with Crippen LogP contribution >= 0.6 is 0 Å². The number of benzene rings is 1. The fraction of sp³-hybridized carbons (Fsp3) is 0.200. The minimum absolute atomic E-state index is 0.0675. The highest BCUT2D eigenvalue weighted by Gasteiger charge is 2.06. The van der Waals surface area contributed by atoms with Crippen LogP contribution in [0.3, 0.4) is 0 Å². The molecule has 0 radical (unpaired) electrons. The third-order valence-corrected chi connectivity index (χ3v) is 3.01. The SMILES string of the molecule is O=C(NCCCNc1ccc([N+](=O)[O-])cn1)c1ccc(F)cc1. The second-order valence-corrected chi connectivity index (χ2v) is 4.70. The molecule has 0 spiro atoms. The molecule has 2 N–H and O–H groups in total. The van der Waals surface area contributed by atoms with Crippen molar-refractivity contribution < 1.29 is 14.1 Å². The number of nitrogens with zero attached hydrogens (tertiary/aromatic N) is 2. The molecular formula is C15H15FN4O3. The van der Waals surface area contributed by atoms with Gasteiger partial charge in [0, 0.05) is 24.7 Å². The fourth-order valence-corrected chi connectivity index (χ4v) is 1.81. The van der Waals surface area contributed by atoms with Gasteiger partial charge in [-0.1, -0.05) is 0 Å². The molecule has 1 aromatic carbocycles. The molecule has 0 saturated carbocycles. The zero-order valence-corrected chi connectivity index (χ0v) is 12.2. The van der Waals surface area contributed by atoms with Gasteiger partial charge in [0.15, 0.2) is 0 Å². The zero-order chi connectivity index (χ0) is 16.7. The number of anilines is 1. The number of pyridine rings is 1. The van der Waals surface area contributed by atoms with Gasteiger partial charge in [-0.3, -0.25) is 14.9 Å². The lowest BCUT2D eigenvalue weighted by Crippen LogP contribution is -2.25. The van der Waals surface area contributed by atoms with Crippen molar-refractivity contribution in [2.24, 2.45) is 0 Å². The summed E-state index contributed by atoms with van der Waals surface area (Å²) in [5, 5.41) is 16.2. The molecule has 0 saturated heterocycles. The first kappa shape index (κ1) is 16.3. The molecule has 23 heavy (non-hydrogen) atoms. The molecule has 8 heteroatoms. The standard InChI is InChI=1S/C15H15FN4O3/c16-12-4-2-11(3-5-12)15(21)18-9-1-8-17-14-7-6-13(10-19-14)20(22)23/h2-7,10H,1,8-9H2,(H,17,19)(H,18,21). The first-order valence-electron chi connectivity index (χ1n) is 6.94. The third-order valence-electron chi connectivity index (χ3n) is 3.01. The monoisotopic (exact) mass is 318 g/mol. The van der Waals surface area contributed by atoms with Crippen molar-refractivity contribution in [3.8, 4) is 0 Å². The van der Waals surface area contributed by atoms with Gasteiger partial charge in [0.05, 0.1) is 4.92 Å². The molecule has 0 atom stereocenters. The van der Waals surface area contributed by atoms with Crippen LogP contribution < -0.4 is 10.6 Å². The van der Waals surface area contributed by atoms with Crippen molar-refractivity contribution in [2.75, 3.05) is 18.4 Å². The van der Waals surface area contributed by atoms with Crippen molar-refractivity contribution in [1.82, 2.24) is 10.3 Å². The Labute approximate surface area is 131 Å². The second-order valence-electron chi connectivity index (χ2n) is 4.70. The van der Waals surface area contributed by atoms with Gasteiger partial charge in [0.1, 0.15) is 17.8 Å². The molecule has 0 aliphatic rings. The molecule has 2 rings (SSSR count). The Kier molecular flexibility index (Phi) is 5.56. The summed E-state index contributed by atoms with van der Waals surface area (Å²) in [7, 11) is 0. The van der Waals surface area contributed by atoms with Gasteiger partial charge in [-0.05, 0) is 36.8 Å². The van der Waals surface area contributed by atoms with Crippen LogP contribution in [0.15, 0.2) is 42.6 Å². The maximum Gasteiger partial charge on any atom is 0.287 e. The summed E-state index contributed by atoms with van der Waals surface area (Å²) in [6.45, 7) is 0.991. The van der Waals surface area contributed by atoms with Crippen molar-refractivity contribution >= 4 is 17.4 Å². The molecule has 2 aromatic rings. The van der Waals surface area contributed by atoms with Crippen molar-refractivity contribution in [2.45, 2.75) is 6.42 Å². The molecule has 1 aromatic heterocycles. The van der Waals surface area contributed by atoms with E-state index in [1.54, 1.807) is 0 Å². The summed E-state index contributed by atoms with van der Waals surface area (Å²) in [5.41, 5.74) is 0.332. The smallest absolute Gasteiger partial charge is 0.287 e. The summed E-state index contributed by atoms with van der Waals surface area (Å²) in [6, 6.07) is 8.20. The lowest BCUT2D eigenvalue weighted by molar-refractivity contribution is -0.385. The zero-order valence-electron chi connectivity index (χ0n) is 12.2. The lowest BCUT2D eigenvalue weighted by Gasteiger charge is -2.07. The topological polar surface area (TPSA) is 97.2 Å². The van der Waals surface area contributed by atoms with E-state index in [4.69, 9.17) is 0 Å². The number of carbonyl (C=O) groups excluding carboxylic acids is 1. The van der Waals surface area contributed by atoms with Gasteiger partial charge >= 0.3 is 0 Å². The lowest BCUT2D eigenvalue weighted by atomic mass is 10.2. The summed E-state index contributed by atoms with van der Waals surface area (Å²) in [5.74, 6) is -0.125. The molecule has 1 amide bonds. The van der Waals surface area contributed by atoms with Gasteiger partial charge in [-0.15, -0.1) is 0 Å². The molecule has 0 unspecified atom stereocenters. The van der Waals surface area contributed by atoms with Crippen LogP contribution in [-0.2, 0) is 0 Å². The number of nitrogens with one attached hydrogen (secondary N) is 2. The van der Waals surface area contributed by atoms with Gasteiger partial charge in [0.2, 0.25) is 0 Å². The Morgan fingerprint density at radius 3 is 2.52 bits per heavy atom. The number of carbonyl (C=O) groups is 1. The van der Waals surface area contributed by atoms with E-state index in [-0.39, 0.29) is 17.4 Å². The van der Waals surface area contributed by atoms with E-state index in [1.165, 1.54) is 42.6 Å². The molecule has 0 bridgehead atoms. The van der Waals surface area contributed by atoms with Gasteiger partial charge < -0.3 is 10.6 Å². The molecule has 1 heterocycles. The quantitative estimate of drug-likeness (QED) is 0.464. The number of halogens is 1. The van der Waals surface area contributed by atoms with E-state index in [0.717, 1.165) is 0 Å². The first-order valence-corrected chi connectivity index (χ1v) is 6.94. The minimum Gasteiger partial charge on any atom is -0.370 e. The van der Waals surface area contributed by atoms with Crippen LogP contribution in [0.1, 0.15) is 16.8 Å². The van der Waals surface area contributed by atoms with Crippen molar-refractivity contribution in [1.29, 1.82) is 0 Å². The Hall–Kier alpha value is -3.03. The van der Waals surface area contributed by atoms with E-state index >= 15 is 0 Å². The minimum atomic E-state index is -0.512. The highest BCUT2D eigenvalue weighted by Crippen LogP contribution is 2.11. The summed E-state index contributed by atoms with van der Waals surface area (Å²) >= 11 is 0. The highest BCUT2D eigenvalue weighted by molar-refractivity contribution is 5.94. The molecule has 0 aliphatic heterocycles. The van der Waals surface area contributed by atoms with E-state index < -0.39 is 4.92 Å². The molecule has 7 nitrogen and oxygen atoms in total. The number of hydrogen-bond donors (Lipinski definition) is 2. The highest BCUT2D eigenvalue weighted by atomic mass is 19.1. The van der Waals surface area contributed by atoms with Crippen LogP contribution in [-0.4, -0.2) is 28.9 Å². The number of amides is 1. The summed E-state index contributed by atoms with van der Waals surface area (Å²) in [4.78, 5) is 25.7. The van der Waals surface area contributed by atoms with E-state index in [9.17, 15) is 19.3 Å². The largest absolute Gasteiger partial charge is 0.370 e. The van der Waals surface area contributed by atoms with E-state index in [2.05, 4.69) is 15.6 Å². The van der Waals surface area contributed by atoms with Gasteiger partial charge in [-0.25, -0.2) is 9.37 Å². The average molecular weight is 318 g/mol. The van der Waals surface area contributed by atoms with E-state index in [1.807, 2.05) is 0 Å². The maximum absolute atomic E-state index is 12.7. The van der Waals surface area contributed by atoms with Crippen LogP contribution in [0.2, 0.25) is 0 Å². The average Bonchev–Trinajstić information content (AvgIpc) is 2.55. The molecule has 0 aliphatic carbocycles. The Balaban J connectivity index is 1.68. The van der Waals surface area contributed by atoms with Crippen molar-refractivity contribution in [3.05, 3.63) is 64.1 Å². The van der Waals surface area contributed by atoms with Crippen LogP contribution in [0, 0.1) is 15.9 Å². The van der Waals surface area contributed by atoms with Crippen LogP contribution in [0.4, 0.5) is 15.9 Å². The Morgan fingerprint density at radius 1 is 1.17 bits per heavy atom. The van der Waals surface area contributed by atoms with Gasteiger partial charge in [0.25, 0.3) is 11.6 Å². The Bertz CT molecular complexity index is 674. The predicted octanol–water partition coefficient (Wildman–Crippen LogP) is 2.36. The number of nitro groups is 1. The van der Waals surface area contributed by atoms with Crippen molar-refractivity contribution in [3.63, 3.8) is 0 Å². The van der Waals surface area contributed by atoms with Crippen LogP contribution in [0.5, 0.6) is 0 Å².